The SMILES string of the molecule is CC(C)Cc1nc(-c2ccc3[nH]nc(-c4cc5ccccc5o4)c3c2)n[nH]1.CC(C)Cc1nc(-c2ccc3[nH]nc(-c4cc5ccccc5s4)c3c2)n[nH]1.O=C(Nc1cccc(-c2n[nH]c3ccc(-c4ncn[nH]4)cc23)c1)c1ccc(F)cc1.c1ccc2sc(-c3n[nH]c4ccc(-c5n[nH]c(CN6CCCC6)n5)cc34)cc2c1. The summed E-state index contributed by atoms with van der Waals surface area (Å²) in [5, 5.41) is 70.2. The van der Waals surface area contributed by atoms with E-state index < -0.39 is 0 Å². The third-order valence-electron chi connectivity index (χ3n) is 19.6. The van der Waals surface area contributed by atoms with Crippen LogP contribution in [-0.2, 0) is 19.4 Å². The molecule has 558 valence electrons. The average Bonchev–Trinajstić information content (AvgIpc) is 1.64. The van der Waals surface area contributed by atoms with E-state index in [9.17, 15) is 9.18 Å². The molecule has 1 amide bonds. The Balaban J connectivity index is 0.000000105. The Morgan fingerprint density at radius 1 is 0.460 bits per heavy atom. The first-order valence-electron chi connectivity index (χ1n) is 37.2. The number of carbonyl (C=O) groups excluding carboxylic acids is 1. The van der Waals surface area contributed by atoms with Crippen molar-refractivity contribution in [2.75, 3.05) is 18.4 Å². The van der Waals surface area contributed by atoms with Crippen LogP contribution < -0.4 is 5.32 Å². The Labute approximate surface area is 652 Å². The van der Waals surface area contributed by atoms with Crippen molar-refractivity contribution < 1.29 is 13.6 Å². The Kier molecular flexibility index (Phi) is 19.4. The maximum absolute atomic E-state index is 13.1. The van der Waals surface area contributed by atoms with Crippen LogP contribution in [0.2, 0.25) is 0 Å². The number of hydrogen-bond donors (Lipinski definition) is 9. The topological polar surface area (TPSA) is 326 Å². The van der Waals surface area contributed by atoms with Crippen molar-refractivity contribution in [1.82, 2.24) is 106 Å². The van der Waals surface area contributed by atoms with Crippen molar-refractivity contribution in [3.05, 3.63) is 248 Å². The van der Waals surface area contributed by atoms with Crippen molar-refractivity contribution in [1.29, 1.82) is 0 Å². The molecule has 1 aliphatic heterocycles. The van der Waals surface area contributed by atoms with Gasteiger partial charge in [0.2, 0.25) is 0 Å². The van der Waals surface area contributed by atoms with Gasteiger partial charge in [0.05, 0.1) is 44.1 Å². The molecule has 20 aromatic rings. The predicted molar refractivity (Wildman–Crippen MR) is 444 cm³/mol. The highest BCUT2D eigenvalue weighted by molar-refractivity contribution is 7.22. The molecule has 1 aliphatic rings. The number of aromatic amines is 8. The number of amides is 1. The Hall–Kier alpha value is -13.8. The number of likely N-dealkylation sites (tertiary alicyclic amines) is 1. The Morgan fingerprint density at radius 3 is 1.49 bits per heavy atom. The molecule has 0 aliphatic carbocycles. The number of aromatic nitrogens is 20. The van der Waals surface area contributed by atoms with E-state index in [0.717, 1.165) is 177 Å². The zero-order valence-corrected chi connectivity index (χ0v) is 63.3. The van der Waals surface area contributed by atoms with Crippen LogP contribution >= 0.6 is 22.7 Å². The van der Waals surface area contributed by atoms with Crippen LogP contribution in [0, 0.1) is 17.7 Å². The molecule has 0 spiro atoms. The number of anilines is 1. The molecule has 24 nitrogen and oxygen atoms in total. The molecule has 0 bridgehead atoms. The van der Waals surface area contributed by atoms with Crippen LogP contribution in [0.4, 0.5) is 10.1 Å². The largest absolute Gasteiger partial charge is 0.454 e. The maximum Gasteiger partial charge on any atom is 0.255 e. The van der Waals surface area contributed by atoms with Gasteiger partial charge < -0.3 is 9.73 Å². The molecule has 9 N–H and O–H groups in total. The molecule has 0 saturated carbocycles. The maximum atomic E-state index is 13.1. The minimum Gasteiger partial charge on any atom is -0.454 e. The highest BCUT2D eigenvalue weighted by atomic mass is 32.1. The van der Waals surface area contributed by atoms with Gasteiger partial charge >= 0.3 is 0 Å². The van der Waals surface area contributed by atoms with Gasteiger partial charge in [-0.25, -0.2) is 24.3 Å². The highest BCUT2D eigenvalue weighted by Gasteiger charge is 2.22. The molecule has 0 unspecified atom stereocenters. The van der Waals surface area contributed by atoms with Gasteiger partial charge in [0.15, 0.2) is 29.1 Å². The zero-order valence-electron chi connectivity index (χ0n) is 61.7. The molecule has 1 saturated heterocycles. The summed E-state index contributed by atoms with van der Waals surface area (Å²) in [6.07, 6.45) is 5.79. The van der Waals surface area contributed by atoms with E-state index in [1.807, 2.05) is 91.0 Å². The summed E-state index contributed by atoms with van der Waals surface area (Å²) < 4.78 is 21.6. The quantitative estimate of drug-likeness (QED) is 0.0434. The van der Waals surface area contributed by atoms with Gasteiger partial charge in [0.25, 0.3) is 5.91 Å². The van der Waals surface area contributed by atoms with Gasteiger partial charge in [-0.15, -0.1) is 22.7 Å². The van der Waals surface area contributed by atoms with E-state index >= 15 is 0 Å². The lowest BCUT2D eigenvalue weighted by Crippen LogP contribution is -2.19. The van der Waals surface area contributed by atoms with E-state index in [4.69, 9.17) is 9.40 Å². The number of benzene rings is 9. The first-order valence-corrected chi connectivity index (χ1v) is 38.9. The summed E-state index contributed by atoms with van der Waals surface area (Å²) in [5.74, 6) is 6.73. The summed E-state index contributed by atoms with van der Waals surface area (Å²) in [6, 6.07) is 68.5. The second kappa shape index (κ2) is 31.0. The van der Waals surface area contributed by atoms with Crippen LogP contribution in [0.15, 0.2) is 223 Å². The third-order valence-corrected chi connectivity index (χ3v) is 21.8. The molecule has 113 heavy (non-hydrogen) atoms. The molecular weight excluding hydrogens is 1460 g/mol. The standard InChI is InChI=1S/C22H15FN6O.C22H20N6S.C21H19N5O.C21H19N5S/c23-16-7-4-13(5-8-16)22(30)26-17-3-1-2-14(10-17)20-18-11-15(21-24-12-25-29-21)6-9-19(18)27-28-20;1-2-6-18-14(5-1)12-19(29-18)21-16-11-15(7-8-17(16)24-26-21)22-23-20(25-27-22)13-28-9-3-4-10-28;2*1-12(2)9-19-22-21(26-24-19)14-7-8-16-15(10-14)20(25-23-16)18-11-13-5-3-4-6-17(13)27-18/h1-12H,(H,26,30)(H,27,28)(H,24,25,29);1-2,5-8,11-12H,3-4,9-10,13H2,(H,24,26)(H,23,25,27);2*3-8,10-12H,9H2,1-2H3,(H,23,25)(H,22,24,26). The molecular formula is C86H73FN22O2S2. The van der Waals surface area contributed by atoms with Crippen LogP contribution in [-0.4, -0.2) is 125 Å². The monoisotopic (exact) mass is 1530 g/mol. The lowest BCUT2D eigenvalue weighted by molar-refractivity contribution is 0.102. The van der Waals surface area contributed by atoms with Crippen LogP contribution in [0.3, 0.4) is 0 Å². The zero-order chi connectivity index (χ0) is 76.5. The fourth-order valence-corrected chi connectivity index (χ4v) is 16.2. The van der Waals surface area contributed by atoms with Gasteiger partial charge in [0.1, 0.15) is 52.3 Å². The summed E-state index contributed by atoms with van der Waals surface area (Å²) in [6.45, 7) is 11.8. The van der Waals surface area contributed by atoms with E-state index in [1.165, 1.54) is 68.5 Å². The number of carbonyl (C=O) groups is 1. The normalized spacial score (nSPS) is 12.4. The van der Waals surface area contributed by atoms with Gasteiger partial charge in [0, 0.05) is 88.2 Å². The van der Waals surface area contributed by atoms with Crippen LogP contribution in [0.25, 0.3) is 164 Å². The summed E-state index contributed by atoms with van der Waals surface area (Å²) in [7, 11) is 0. The van der Waals surface area contributed by atoms with Crippen molar-refractivity contribution in [3.8, 4) is 89.4 Å². The summed E-state index contributed by atoms with van der Waals surface area (Å²) in [5.41, 5.74) is 13.9. The fraction of sp³-hybridized carbons (Fsp3) is 0.151. The Morgan fingerprint density at radius 2 is 0.947 bits per heavy atom. The number of hydrogen-bond acceptors (Lipinski definition) is 17. The van der Waals surface area contributed by atoms with Gasteiger partial charge in [-0.1, -0.05) is 94.4 Å². The van der Waals surface area contributed by atoms with Crippen molar-refractivity contribution >= 4 is 109 Å². The lowest BCUT2D eigenvalue weighted by atomic mass is 10.0. The number of halogens is 1. The molecule has 27 heteroatoms. The minimum atomic E-state index is -0.386. The van der Waals surface area contributed by atoms with Crippen LogP contribution in [0.5, 0.6) is 0 Å². The van der Waals surface area contributed by atoms with E-state index in [0.29, 0.717) is 34.7 Å². The van der Waals surface area contributed by atoms with E-state index in [1.54, 1.807) is 28.7 Å². The molecule has 21 rings (SSSR count). The first kappa shape index (κ1) is 70.9. The van der Waals surface area contributed by atoms with E-state index in [-0.39, 0.29) is 11.7 Å². The van der Waals surface area contributed by atoms with Gasteiger partial charge in [-0.2, -0.15) is 40.8 Å². The minimum absolute atomic E-state index is 0.313. The molecule has 11 aromatic heterocycles. The number of H-pyrrole nitrogens is 8. The number of fused-ring (bicyclic) bond motifs is 7. The molecule has 9 aromatic carbocycles. The van der Waals surface area contributed by atoms with Crippen molar-refractivity contribution in [3.63, 3.8) is 0 Å². The number of nitrogens with one attached hydrogen (secondary N) is 9. The summed E-state index contributed by atoms with van der Waals surface area (Å²) >= 11 is 3.53. The Bertz CT molecular complexity index is 6460. The smallest absolute Gasteiger partial charge is 0.255 e. The average molecular weight is 1530 g/mol. The van der Waals surface area contributed by atoms with Crippen LogP contribution in [0.1, 0.15) is 68.4 Å². The first-order chi connectivity index (χ1) is 55.3. The highest BCUT2D eigenvalue weighted by Crippen LogP contribution is 2.40. The lowest BCUT2D eigenvalue weighted by Gasteiger charge is -2.11. The number of furan rings is 1. The second-order valence-electron chi connectivity index (χ2n) is 28.6. The summed E-state index contributed by atoms with van der Waals surface area (Å²) in [4.78, 5) is 35.4. The van der Waals surface area contributed by atoms with E-state index in [2.05, 4.69) is 225 Å². The van der Waals surface area contributed by atoms with Gasteiger partial charge in [-0.3, -0.25) is 50.5 Å². The number of thiophene rings is 2. The predicted octanol–water partition coefficient (Wildman–Crippen LogP) is 19.6. The van der Waals surface area contributed by atoms with Gasteiger partial charge in [-0.05, 0) is 194 Å². The molecule has 12 heterocycles. The number of rotatable bonds is 16. The van der Waals surface area contributed by atoms with Crippen molar-refractivity contribution in [2.45, 2.75) is 59.9 Å². The number of para-hydroxylation sites is 1. The fourth-order valence-electron chi connectivity index (χ4n) is 14.0. The molecule has 0 radical (unpaired) electrons. The third kappa shape index (κ3) is 15.3. The van der Waals surface area contributed by atoms with Crippen molar-refractivity contribution in [2.24, 2.45) is 11.8 Å². The second-order valence-corrected chi connectivity index (χ2v) is 30.8. The molecule has 1 fully saturated rings. The molecule has 0 atom stereocenters. The number of nitrogens with zero attached hydrogens (tertiary/aromatic N) is 13.